The zero-order valence-electron chi connectivity index (χ0n) is 9.65. The fourth-order valence-electron chi connectivity index (χ4n) is 2.18. The van der Waals surface area contributed by atoms with Gasteiger partial charge in [0.05, 0.1) is 12.2 Å². The summed E-state index contributed by atoms with van der Waals surface area (Å²) in [5.74, 6) is 0.750. The Kier molecular flexibility index (Phi) is 2.92. The van der Waals surface area contributed by atoms with Gasteiger partial charge in [-0.1, -0.05) is 40.2 Å². The van der Waals surface area contributed by atoms with Crippen molar-refractivity contribution >= 4 is 21.7 Å². The lowest BCUT2D eigenvalue weighted by molar-refractivity contribution is 0.103. The van der Waals surface area contributed by atoms with E-state index in [1.807, 2.05) is 42.5 Å². The molecule has 90 valence electrons. The summed E-state index contributed by atoms with van der Waals surface area (Å²) >= 11 is 3.41. The van der Waals surface area contributed by atoms with E-state index in [9.17, 15) is 4.79 Å². The lowest BCUT2D eigenvalue weighted by Crippen LogP contribution is -2.04. The van der Waals surface area contributed by atoms with E-state index in [1.54, 1.807) is 0 Å². The summed E-state index contributed by atoms with van der Waals surface area (Å²) in [6.07, 6.45) is 0.881. The molecule has 1 aliphatic rings. The van der Waals surface area contributed by atoms with Gasteiger partial charge in [-0.3, -0.25) is 4.79 Å². The summed E-state index contributed by atoms with van der Waals surface area (Å²) in [5, 5.41) is 0. The van der Waals surface area contributed by atoms with Gasteiger partial charge in [-0.25, -0.2) is 0 Å². The lowest BCUT2D eigenvalue weighted by Gasteiger charge is -2.08. The first-order valence-electron chi connectivity index (χ1n) is 5.81. The Morgan fingerprint density at radius 3 is 2.67 bits per heavy atom. The van der Waals surface area contributed by atoms with Crippen LogP contribution in [0.4, 0.5) is 0 Å². The number of halogens is 1. The monoisotopic (exact) mass is 302 g/mol. The number of ether oxygens (including phenoxy) is 1. The molecule has 2 aromatic rings. The molecule has 0 radical (unpaired) electrons. The zero-order valence-corrected chi connectivity index (χ0v) is 11.2. The van der Waals surface area contributed by atoms with E-state index in [-0.39, 0.29) is 5.78 Å². The predicted molar refractivity (Wildman–Crippen MR) is 73.2 cm³/mol. The third-order valence-corrected chi connectivity index (χ3v) is 3.77. The molecule has 0 N–H and O–H groups in total. The van der Waals surface area contributed by atoms with Crippen molar-refractivity contribution in [2.24, 2.45) is 0 Å². The van der Waals surface area contributed by atoms with Crippen LogP contribution in [0.2, 0.25) is 0 Å². The summed E-state index contributed by atoms with van der Waals surface area (Å²) in [5.41, 5.74) is 2.44. The van der Waals surface area contributed by atoms with E-state index >= 15 is 0 Å². The van der Waals surface area contributed by atoms with Crippen LogP contribution in [0.1, 0.15) is 21.5 Å². The minimum atomic E-state index is 0.00113. The van der Waals surface area contributed by atoms with Crippen LogP contribution in [0.3, 0.4) is 0 Å². The summed E-state index contributed by atoms with van der Waals surface area (Å²) in [4.78, 5) is 12.5. The molecular formula is C15H11BrO2. The summed E-state index contributed by atoms with van der Waals surface area (Å²) in [6.45, 7) is 0.662. The molecule has 0 saturated heterocycles. The highest BCUT2D eigenvalue weighted by atomic mass is 79.9. The maximum atomic E-state index is 12.5. The molecule has 0 saturated carbocycles. The number of hydrogen-bond acceptors (Lipinski definition) is 2. The van der Waals surface area contributed by atoms with Gasteiger partial charge in [-0.2, -0.15) is 0 Å². The maximum absolute atomic E-state index is 12.5. The SMILES string of the molecule is O=C(c1ccccc1Br)c1cccc2c1OCC2. The van der Waals surface area contributed by atoms with E-state index in [4.69, 9.17) is 4.74 Å². The van der Waals surface area contributed by atoms with Crippen LogP contribution < -0.4 is 4.74 Å². The van der Waals surface area contributed by atoms with Crippen molar-refractivity contribution in [2.45, 2.75) is 6.42 Å². The Bertz CT molecular complexity index is 620. The first-order valence-corrected chi connectivity index (χ1v) is 6.60. The van der Waals surface area contributed by atoms with Crippen LogP contribution in [0, 0.1) is 0 Å². The third kappa shape index (κ3) is 1.85. The van der Waals surface area contributed by atoms with E-state index in [1.165, 1.54) is 0 Å². The molecule has 3 rings (SSSR count). The molecule has 0 bridgehead atoms. The molecule has 18 heavy (non-hydrogen) atoms. The Morgan fingerprint density at radius 1 is 1.06 bits per heavy atom. The number of ketones is 1. The quantitative estimate of drug-likeness (QED) is 0.792. The molecular weight excluding hydrogens is 292 g/mol. The highest BCUT2D eigenvalue weighted by Gasteiger charge is 2.22. The van der Waals surface area contributed by atoms with E-state index in [2.05, 4.69) is 15.9 Å². The van der Waals surface area contributed by atoms with Crippen molar-refractivity contribution in [2.75, 3.05) is 6.61 Å². The van der Waals surface area contributed by atoms with Crippen molar-refractivity contribution < 1.29 is 9.53 Å². The van der Waals surface area contributed by atoms with Crippen molar-refractivity contribution in [1.29, 1.82) is 0 Å². The number of benzene rings is 2. The van der Waals surface area contributed by atoms with Crippen LogP contribution in [0.5, 0.6) is 5.75 Å². The Labute approximate surface area is 114 Å². The number of hydrogen-bond donors (Lipinski definition) is 0. The third-order valence-electron chi connectivity index (χ3n) is 3.08. The van der Waals surface area contributed by atoms with Crippen molar-refractivity contribution in [3.63, 3.8) is 0 Å². The van der Waals surface area contributed by atoms with Crippen molar-refractivity contribution in [3.8, 4) is 5.75 Å². The number of carbonyl (C=O) groups is 1. The first-order chi connectivity index (χ1) is 8.77. The van der Waals surface area contributed by atoms with Gasteiger partial charge in [-0.05, 0) is 23.8 Å². The molecule has 0 unspecified atom stereocenters. The number of para-hydroxylation sites is 1. The fourth-order valence-corrected chi connectivity index (χ4v) is 2.65. The minimum Gasteiger partial charge on any atom is -0.492 e. The lowest BCUT2D eigenvalue weighted by atomic mass is 10.00. The van der Waals surface area contributed by atoms with Gasteiger partial charge < -0.3 is 4.74 Å². The Hall–Kier alpha value is -1.61. The molecule has 0 amide bonds. The second-order valence-electron chi connectivity index (χ2n) is 4.20. The van der Waals surface area contributed by atoms with E-state index < -0.39 is 0 Å². The van der Waals surface area contributed by atoms with Crippen molar-refractivity contribution in [1.82, 2.24) is 0 Å². The minimum absolute atomic E-state index is 0.00113. The number of fused-ring (bicyclic) bond motifs is 1. The van der Waals surface area contributed by atoms with Gasteiger partial charge in [0.15, 0.2) is 5.78 Å². The summed E-state index contributed by atoms with van der Waals surface area (Å²) in [6, 6.07) is 13.2. The highest BCUT2D eigenvalue weighted by Crippen LogP contribution is 2.32. The molecule has 0 aromatic heterocycles. The molecule has 1 heterocycles. The number of carbonyl (C=O) groups excluding carboxylic acids is 1. The van der Waals surface area contributed by atoms with E-state index in [0.29, 0.717) is 17.7 Å². The Morgan fingerprint density at radius 2 is 1.83 bits per heavy atom. The van der Waals surface area contributed by atoms with Crippen LogP contribution in [0.15, 0.2) is 46.9 Å². The van der Waals surface area contributed by atoms with Gasteiger partial charge in [0, 0.05) is 16.5 Å². The molecule has 3 heteroatoms. The number of rotatable bonds is 2. The van der Waals surface area contributed by atoms with Gasteiger partial charge >= 0.3 is 0 Å². The topological polar surface area (TPSA) is 26.3 Å². The molecule has 0 fully saturated rings. The largest absolute Gasteiger partial charge is 0.492 e. The van der Waals surface area contributed by atoms with Crippen LogP contribution in [-0.4, -0.2) is 12.4 Å². The molecule has 2 nitrogen and oxygen atoms in total. The molecule has 0 aliphatic carbocycles. The van der Waals surface area contributed by atoms with Crippen LogP contribution >= 0.6 is 15.9 Å². The molecule has 0 spiro atoms. The second kappa shape index (κ2) is 4.58. The highest BCUT2D eigenvalue weighted by molar-refractivity contribution is 9.10. The van der Waals surface area contributed by atoms with Gasteiger partial charge in [0.25, 0.3) is 0 Å². The van der Waals surface area contributed by atoms with Gasteiger partial charge in [-0.15, -0.1) is 0 Å². The smallest absolute Gasteiger partial charge is 0.197 e. The summed E-state index contributed by atoms with van der Waals surface area (Å²) in [7, 11) is 0. The predicted octanol–water partition coefficient (Wildman–Crippen LogP) is 3.62. The standard InChI is InChI=1S/C15H11BrO2/c16-13-7-2-1-5-11(13)14(17)12-6-3-4-10-8-9-18-15(10)12/h1-7H,8-9H2. The van der Waals surface area contributed by atoms with Crippen LogP contribution in [-0.2, 0) is 6.42 Å². The maximum Gasteiger partial charge on any atom is 0.197 e. The van der Waals surface area contributed by atoms with Gasteiger partial charge in [0.2, 0.25) is 0 Å². The average Bonchev–Trinajstić information content (AvgIpc) is 2.86. The summed E-state index contributed by atoms with van der Waals surface area (Å²) < 4.78 is 6.39. The van der Waals surface area contributed by atoms with Crippen molar-refractivity contribution in [3.05, 3.63) is 63.6 Å². The van der Waals surface area contributed by atoms with Gasteiger partial charge in [0.1, 0.15) is 5.75 Å². The molecule has 0 atom stereocenters. The fraction of sp³-hybridized carbons (Fsp3) is 0.133. The van der Waals surface area contributed by atoms with Crippen LogP contribution in [0.25, 0.3) is 0 Å². The molecule has 2 aromatic carbocycles. The normalized spacial score (nSPS) is 12.9. The first kappa shape index (κ1) is 11.5. The zero-order chi connectivity index (χ0) is 12.5. The Balaban J connectivity index is 2.09. The molecule has 1 aliphatic heterocycles. The second-order valence-corrected chi connectivity index (χ2v) is 5.06. The average molecular weight is 303 g/mol. The van der Waals surface area contributed by atoms with E-state index in [0.717, 1.165) is 22.2 Å².